The average Bonchev–Trinajstić information content (AvgIpc) is 2.51. The molecule has 1 N–H and O–H groups in total. The van der Waals surface area contributed by atoms with Gasteiger partial charge in [0.1, 0.15) is 5.69 Å². The lowest BCUT2D eigenvalue weighted by atomic mass is 10.1. The van der Waals surface area contributed by atoms with Crippen molar-refractivity contribution in [3.05, 3.63) is 18.0 Å². The second-order valence-corrected chi connectivity index (χ2v) is 4.37. The third-order valence-corrected chi connectivity index (χ3v) is 3.24. The van der Waals surface area contributed by atoms with E-state index in [1.54, 1.807) is 24.0 Å². The second kappa shape index (κ2) is 4.13. The Balaban J connectivity index is 2.73. The maximum Gasteiger partial charge on any atom is 0.269 e. The van der Waals surface area contributed by atoms with Crippen LogP contribution in [0, 0.1) is 0 Å². The van der Waals surface area contributed by atoms with Crippen molar-refractivity contribution in [3.8, 4) is 0 Å². The molecule has 0 aliphatic rings. The maximum absolute atomic E-state index is 11.7. The second-order valence-electron chi connectivity index (χ2n) is 3.81. The van der Waals surface area contributed by atoms with Crippen LogP contribution in [0.1, 0.15) is 24.3 Å². The molecule has 0 radical (unpaired) electrons. The monoisotopic (exact) mass is 259 g/mol. The topological polar surface area (TPSA) is 46.9 Å². The number of alkyl halides is 1. The normalized spacial score (nSPS) is 11.4. The van der Waals surface area contributed by atoms with Gasteiger partial charge in [0, 0.05) is 24.1 Å². The van der Waals surface area contributed by atoms with Gasteiger partial charge < -0.3 is 5.32 Å². The standard InChI is InChI=1S/C9H14BrN3O/c1-9(2,6-10)12-8(14)7-4-5-11-13(7)3/h4-5H,6H2,1-3H3,(H,12,14). The quantitative estimate of drug-likeness (QED) is 0.833. The summed E-state index contributed by atoms with van der Waals surface area (Å²) in [7, 11) is 1.75. The van der Waals surface area contributed by atoms with Crippen molar-refractivity contribution in [2.75, 3.05) is 5.33 Å². The fraction of sp³-hybridized carbons (Fsp3) is 0.556. The molecule has 1 aromatic heterocycles. The molecule has 0 atom stereocenters. The van der Waals surface area contributed by atoms with E-state index in [4.69, 9.17) is 0 Å². The van der Waals surface area contributed by atoms with E-state index in [2.05, 4.69) is 26.3 Å². The summed E-state index contributed by atoms with van der Waals surface area (Å²) in [6, 6.07) is 1.69. The van der Waals surface area contributed by atoms with Crippen molar-refractivity contribution in [3.63, 3.8) is 0 Å². The van der Waals surface area contributed by atoms with Crippen molar-refractivity contribution >= 4 is 21.8 Å². The molecule has 1 amide bonds. The Labute approximate surface area is 91.8 Å². The SMILES string of the molecule is Cn1nccc1C(=O)NC(C)(C)CBr. The van der Waals surface area contributed by atoms with Crippen LogP contribution in [0.2, 0.25) is 0 Å². The molecule has 0 bridgehead atoms. The van der Waals surface area contributed by atoms with Gasteiger partial charge in [-0.05, 0) is 19.9 Å². The van der Waals surface area contributed by atoms with Crippen LogP contribution in [0.25, 0.3) is 0 Å². The molecule has 0 saturated carbocycles. The summed E-state index contributed by atoms with van der Waals surface area (Å²) in [6.45, 7) is 3.91. The maximum atomic E-state index is 11.7. The van der Waals surface area contributed by atoms with Crippen LogP contribution in [0.3, 0.4) is 0 Å². The van der Waals surface area contributed by atoms with E-state index >= 15 is 0 Å². The number of aryl methyl sites for hydroxylation is 1. The van der Waals surface area contributed by atoms with Crippen LogP contribution in [-0.2, 0) is 7.05 Å². The van der Waals surface area contributed by atoms with Crippen LogP contribution >= 0.6 is 15.9 Å². The van der Waals surface area contributed by atoms with Crippen LogP contribution in [0.4, 0.5) is 0 Å². The van der Waals surface area contributed by atoms with E-state index in [0.717, 1.165) is 0 Å². The number of nitrogens with one attached hydrogen (secondary N) is 1. The first-order chi connectivity index (χ1) is 6.46. The Morgan fingerprint density at radius 3 is 2.79 bits per heavy atom. The number of nitrogens with zero attached hydrogens (tertiary/aromatic N) is 2. The number of carbonyl (C=O) groups is 1. The van der Waals surface area contributed by atoms with Gasteiger partial charge in [-0.1, -0.05) is 15.9 Å². The minimum absolute atomic E-state index is 0.102. The van der Waals surface area contributed by atoms with Gasteiger partial charge in [-0.2, -0.15) is 5.10 Å². The predicted molar refractivity (Wildman–Crippen MR) is 58.5 cm³/mol. The van der Waals surface area contributed by atoms with Gasteiger partial charge in [-0.15, -0.1) is 0 Å². The van der Waals surface area contributed by atoms with Gasteiger partial charge in [0.25, 0.3) is 5.91 Å². The third-order valence-electron chi connectivity index (χ3n) is 1.84. The van der Waals surface area contributed by atoms with Crippen molar-refractivity contribution in [1.82, 2.24) is 15.1 Å². The molecule has 0 aliphatic heterocycles. The molecule has 78 valence electrons. The summed E-state index contributed by atoms with van der Waals surface area (Å²) >= 11 is 3.34. The number of amides is 1. The van der Waals surface area contributed by atoms with E-state index in [1.165, 1.54) is 0 Å². The molecule has 1 aromatic rings. The first kappa shape index (κ1) is 11.2. The van der Waals surface area contributed by atoms with Crippen LogP contribution in [0.5, 0.6) is 0 Å². The summed E-state index contributed by atoms with van der Waals surface area (Å²) in [4.78, 5) is 11.7. The number of hydrogen-bond acceptors (Lipinski definition) is 2. The van der Waals surface area contributed by atoms with Crippen LogP contribution in [0.15, 0.2) is 12.3 Å². The van der Waals surface area contributed by atoms with E-state index in [-0.39, 0.29) is 11.4 Å². The van der Waals surface area contributed by atoms with Gasteiger partial charge in [-0.25, -0.2) is 0 Å². The highest BCUT2D eigenvalue weighted by atomic mass is 79.9. The van der Waals surface area contributed by atoms with E-state index < -0.39 is 0 Å². The lowest BCUT2D eigenvalue weighted by molar-refractivity contribution is 0.0911. The minimum Gasteiger partial charge on any atom is -0.345 e. The molecule has 0 aliphatic carbocycles. The number of halogens is 1. The molecule has 0 fully saturated rings. The van der Waals surface area contributed by atoms with E-state index in [9.17, 15) is 4.79 Å². The fourth-order valence-electron chi connectivity index (χ4n) is 1.00. The molecule has 5 heteroatoms. The largest absolute Gasteiger partial charge is 0.345 e. The summed E-state index contributed by atoms with van der Waals surface area (Å²) < 4.78 is 1.56. The molecule has 0 aromatic carbocycles. The minimum atomic E-state index is -0.249. The van der Waals surface area contributed by atoms with Crippen molar-refractivity contribution in [1.29, 1.82) is 0 Å². The third kappa shape index (κ3) is 2.57. The molecule has 1 rings (SSSR count). The summed E-state index contributed by atoms with van der Waals surface area (Å²) in [5.74, 6) is -0.102. The first-order valence-electron chi connectivity index (χ1n) is 4.33. The highest BCUT2D eigenvalue weighted by Crippen LogP contribution is 2.07. The Hall–Kier alpha value is -0.840. The van der Waals surface area contributed by atoms with E-state index in [1.807, 2.05) is 13.8 Å². The zero-order chi connectivity index (χ0) is 10.8. The van der Waals surface area contributed by atoms with Crippen LogP contribution in [-0.4, -0.2) is 26.6 Å². The summed E-state index contributed by atoms with van der Waals surface area (Å²) in [5, 5.41) is 7.55. The van der Waals surface area contributed by atoms with Gasteiger partial charge in [0.05, 0.1) is 0 Å². The predicted octanol–water partition coefficient (Wildman–Crippen LogP) is 1.32. The van der Waals surface area contributed by atoms with Crippen molar-refractivity contribution in [2.45, 2.75) is 19.4 Å². The number of aromatic nitrogens is 2. The first-order valence-corrected chi connectivity index (χ1v) is 5.45. The highest BCUT2D eigenvalue weighted by molar-refractivity contribution is 9.09. The summed E-state index contributed by atoms with van der Waals surface area (Å²) in [6.07, 6.45) is 1.61. The fourth-order valence-corrected chi connectivity index (χ4v) is 1.14. The Bertz CT molecular complexity index is 333. The molecule has 0 spiro atoms. The molecular weight excluding hydrogens is 246 g/mol. The lowest BCUT2D eigenvalue weighted by Gasteiger charge is -2.23. The van der Waals surface area contributed by atoms with Crippen LogP contribution < -0.4 is 5.32 Å². The van der Waals surface area contributed by atoms with Gasteiger partial charge in [0.2, 0.25) is 0 Å². The number of carbonyl (C=O) groups excluding carboxylic acids is 1. The van der Waals surface area contributed by atoms with Gasteiger partial charge >= 0.3 is 0 Å². The average molecular weight is 260 g/mol. The summed E-state index contributed by atoms with van der Waals surface area (Å²) in [5.41, 5.74) is 0.320. The Morgan fingerprint density at radius 2 is 2.36 bits per heavy atom. The highest BCUT2D eigenvalue weighted by Gasteiger charge is 2.20. The molecule has 0 unspecified atom stereocenters. The zero-order valence-electron chi connectivity index (χ0n) is 8.54. The van der Waals surface area contributed by atoms with Gasteiger partial charge in [0.15, 0.2) is 0 Å². The number of hydrogen-bond donors (Lipinski definition) is 1. The zero-order valence-corrected chi connectivity index (χ0v) is 10.1. The number of rotatable bonds is 3. The molecule has 14 heavy (non-hydrogen) atoms. The Kier molecular flexibility index (Phi) is 3.31. The Morgan fingerprint density at radius 1 is 1.71 bits per heavy atom. The molecule has 4 nitrogen and oxygen atoms in total. The smallest absolute Gasteiger partial charge is 0.269 e. The molecule has 0 saturated heterocycles. The van der Waals surface area contributed by atoms with Crippen molar-refractivity contribution in [2.24, 2.45) is 7.05 Å². The van der Waals surface area contributed by atoms with Crippen molar-refractivity contribution < 1.29 is 4.79 Å². The molecular formula is C9H14BrN3O. The van der Waals surface area contributed by atoms with E-state index in [0.29, 0.717) is 11.0 Å². The molecule has 1 heterocycles. The van der Waals surface area contributed by atoms with Gasteiger partial charge in [-0.3, -0.25) is 9.48 Å². The lowest BCUT2D eigenvalue weighted by Crippen LogP contribution is -2.45.